The Kier molecular flexibility index (Phi) is 3.26. The molecule has 0 aliphatic carbocycles. The lowest BCUT2D eigenvalue weighted by Crippen LogP contribution is -2.46. The van der Waals surface area contributed by atoms with Crippen molar-refractivity contribution >= 4 is 11.7 Å². The van der Waals surface area contributed by atoms with E-state index in [1.807, 2.05) is 0 Å². The summed E-state index contributed by atoms with van der Waals surface area (Å²) in [5.74, 6) is -0.0502. The Hall–Kier alpha value is -1.62. The van der Waals surface area contributed by atoms with Gasteiger partial charge in [-0.3, -0.25) is 4.79 Å². The minimum atomic E-state index is -0.663. The molecular weight excluding hydrogens is 194 g/mol. The van der Waals surface area contributed by atoms with Crippen molar-refractivity contribution in [1.82, 2.24) is 10.3 Å². The Morgan fingerprint density at radius 1 is 1.60 bits per heavy atom. The molecule has 1 heterocycles. The Bertz CT molecular complexity index is 363. The number of rotatable bonds is 3. The lowest BCUT2D eigenvalue weighted by Gasteiger charge is -2.23. The summed E-state index contributed by atoms with van der Waals surface area (Å²) in [7, 11) is 0. The molecule has 1 rings (SSSR count). The van der Waals surface area contributed by atoms with Gasteiger partial charge < -0.3 is 16.2 Å². The normalized spacial score (nSPS) is 11.1. The van der Waals surface area contributed by atoms with Crippen LogP contribution in [0.25, 0.3) is 0 Å². The molecule has 4 N–H and O–H groups in total. The summed E-state index contributed by atoms with van der Waals surface area (Å²) in [6.07, 6.45) is 0. The fraction of sp³-hybridized carbons (Fsp3) is 0.400. The minimum Gasteiger partial charge on any atom is -0.394 e. The van der Waals surface area contributed by atoms with Crippen LogP contribution in [-0.4, -0.2) is 28.1 Å². The van der Waals surface area contributed by atoms with Crippen molar-refractivity contribution in [2.24, 2.45) is 0 Å². The molecule has 0 atom stereocenters. The van der Waals surface area contributed by atoms with Crippen LogP contribution in [0.1, 0.15) is 24.3 Å². The first-order valence-electron chi connectivity index (χ1n) is 4.60. The Morgan fingerprint density at radius 3 is 2.80 bits per heavy atom. The molecule has 15 heavy (non-hydrogen) atoms. The molecule has 5 heteroatoms. The van der Waals surface area contributed by atoms with E-state index in [2.05, 4.69) is 10.3 Å². The SMILES string of the molecule is CC(C)(CO)NC(=O)c1cccc(N)n1. The van der Waals surface area contributed by atoms with Gasteiger partial charge in [-0.1, -0.05) is 6.07 Å². The number of nitrogen functional groups attached to an aromatic ring is 1. The zero-order chi connectivity index (χ0) is 11.5. The van der Waals surface area contributed by atoms with E-state index in [9.17, 15) is 4.79 Å². The van der Waals surface area contributed by atoms with Gasteiger partial charge in [-0.25, -0.2) is 4.98 Å². The molecule has 1 aromatic heterocycles. The maximum absolute atomic E-state index is 11.6. The summed E-state index contributed by atoms with van der Waals surface area (Å²) >= 11 is 0. The lowest BCUT2D eigenvalue weighted by molar-refractivity contribution is 0.0864. The van der Waals surface area contributed by atoms with Crippen LogP contribution in [-0.2, 0) is 0 Å². The number of nitrogens with one attached hydrogen (secondary N) is 1. The monoisotopic (exact) mass is 209 g/mol. The molecule has 1 aromatic rings. The summed E-state index contributed by atoms with van der Waals surface area (Å²) in [5.41, 5.74) is 5.04. The summed E-state index contributed by atoms with van der Waals surface area (Å²) in [6.45, 7) is 3.30. The van der Waals surface area contributed by atoms with Crippen molar-refractivity contribution in [2.75, 3.05) is 12.3 Å². The zero-order valence-corrected chi connectivity index (χ0v) is 8.82. The van der Waals surface area contributed by atoms with Crippen molar-refractivity contribution in [3.63, 3.8) is 0 Å². The minimum absolute atomic E-state index is 0.138. The van der Waals surface area contributed by atoms with Gasteiger partial charge in [0.05, 0.1) is 12.1 Å². The largest absolute Gasteiger partial charge is 0.394 e. The average Bonchev–Trinajstić information content (AvgIpc) is 2.17. The highest BCUT2D eigenvalue weighted by atomic mass is 16.3. The van der Waals surface area contributed by atoms with Gasteiger partial charge in [-0.2, -0.15) is 0 Å². The highest BCUT2D eigenvalue weighted by Gasteiger charge is 2.20. The van der Waals surface area contributed by atoms with Gasteiger partial charge >= 0.3 is 0 Å². The Balaban J connectivity index is 2.78. The van der Waals surface area contributed by atoms with Gasteiger partial charge in [0, 0.05) is 0 Å². The second-order valence-corrected chi connectivity index (χ2v) is 3.94. The summed E-state index contributed by atoms with van der Waals surface area (Å²) in [6, 6.07) is 4.83. The predicted octanol–water partition coefficient (Wildman–Crippen LogP) is 0.165. The van der Waals surface area contributed by atoms with Gasteiger partial charge in [0.15, 0.2) is 0 Å². The van der Waals surface area contributed by atoms with Gasteiger partial charge in [0.1, 0.15) is 11.5 Å². The van der Waals surface area contributed by atoms with E-state index in [1.165, 1.54) is 0 Å². The number of aromatic nitrogens is 1. The van der Waals surface area contributed by atoms with Gasteiger partial charge in [-0.05, 0) is 26.0 Å². The quantitative estimate of drug-likeness (QED) is 0.662. The molecule has 0 aromatic carbocycles. The molecule has 0 bridgehead atoms. The van der Waals surface area contributed by atoms with Crippen LogP contribution < -0.4 is 11.1 Å². The maximum atomic E-state index is 11.6. The fourth-order valence-electron chi connectivity index (χ4n) is 0.989. The van der Waals surface area contributed by atoms with Crippen molar-refractivity contribution in [3.05, 3.63) is 23.9 Å². The van der Waals surface area contributed by atoms with Crippen molar-refractivity contribution in [2.45, 2.75) is 19.4 Å². The van der Waals surface area contributed by atoms with Crippen molar-refractivity contribution < 1.29 is 9.90 Å². The first-order chi connectivity index (χ1) is 6.94. The molecule has 0 saturated heterocycles. The number of nitrogens with two attached hydrogens (primary N) is 1. The molecule has 82 valence electrons. The number of carbonyl (C=O) groups is 1. The first kappa shape index (κ1) is 11.5. The Labute approximate surface area is 88.3 Å². The molecule has 0 unspecified atom stereocenters. The van der Waals surface area contributed by atoms with Crippen LogP contribution >= 0.6 is 0 Å². The summed E-state index contributed by atoms with van der Waals surface area (Å²) < 4.78 is 0. The number of anilines is 1. The summed E-state index contributed by atoms with van der Waals surface area (Å²) in [5, 5.41) is 11.6. The van der Waals surface area contributed by atoms with Gasteiger partial charge in [0.25, 0.3) is 5.91 Å². The van der Waals surface area contributed by atoms with E-state index in [4.69, 9.17) is 10.8 Å². The third-order valence-electron chi connectivity index (χ3n) is 1.85. The fourth-order valence-corrected chi connectivity index (χ4v) is 0.989. The van der Waals surface area contributed by atoms with Crippen LogP contribution in [0.5, 0.6) is 0 Å². The van der Waals surface area contributed by atoms with E-state index >= 15 is 0 Å². The number of aliphatic hydroxyl groups excluding tert-OH is 1. The topological polar surface area (TPSA) is 88.2 Å². The van der Waals surface area contributed by atoms with E-state index in [-0.39, 0.29) is 18.2 Å². The Morgan fingerprint density at radius 2 is 2.27 bits per heavy atom. The molecule has 0 saturated carbocycles. The number of carbonyl (C=O) groups excluding carboxylic acids is 1. The third kappa shape index (κ3) is 3.21. The first-order valence-corrected chi connectivity index (χ1v) is 4.60. The van der Waals surface area contributed by atoms with Crippen LogP contribution in [0.3, 0.4) is 0 Å². The van der Waals surface area contributed by atoms with Crippen LogP contribution in [0.15, 0.2) is 18.2 Å². The number of hydrogen-bond donors (Lipinski definition) is 3. The van der Waals surface area contributed by atoms with E-state index in [1.54, 1.807) is 32.0 Å². The molecule has 0 radical (unpaired) electrons. The number of amides is 1. The highest BCUT2D eigenvalue weighted by molar-refractivity contribution is 5.93. The van der Waals surface area contributed by atoms with E-state index < -0.39 is 5.54 Å². The zero-order valence-electron chi connectivity index (χ0n) is 8.82. The number of aliphatic hydroxyl groups is 1. The predicted molar refractivity (Wildman–Crippen MR) is 57.3 cm³/mol. The molecule has 5 nitrogen and oxygen atoms in total. The van der Waals surface area contributed by atoms with Crippen LogP contribution in [0.2, 0.25) is 0 Å². The molecular formula is C10H15N3O2. The van der Waals surface area contributed by atoms with Gasteiger partial charge in [0.2, 0.25) is 0 Å². The lowest BCUT2D eigenvalue weighted by atomic mass is 10.1. The second kappa shape index (κ2) is 4.27. The second-order valence-electron chi connectivity index (χ2n) is 3.94. The molecule has 1 amide bonds. The molecule has 0 aliphatic rings. The number of nitrogens with zero attached hydrogens (tertiary/aromatic N) is 1. The van der Waals surface area contributed by atoms with Crippen LogP contribution in [0.4, 0.5) is 5.82 Å². The number of pyridine rings is 1. The van der Waals surface area contributed by atoms with Gasteiger partial charge in [-0.15, -0.1) is 0 Å². The third-order valence-corrected chi connectivity index (χ3v) is 1.85. The van der Waals surface area contributed by atoms with Crippen LogP contribution in [0, 0.1) is 0 Å². The highest BCUT2D eigenvalue weighted by Crippen LogP contribution is 2.04. The number of hydrogen-bond acceptors (Lipinski definition) is 4. The summed E-state index contributed by atoms with van der Waals surface area (Å²) in [4.78, 5) is 15.5. The van der Waals surface area contributed by atoms with E-state index in [0.29, 0.717) is 5.82 Å². The molecule has 0 spiro atoms. The molecule has 0 fully saturated rings. The average molecular weight is 209 g/mol. The standard InChI is InChI=1S/C10H15N3O2/c1-10(2,6-14)13-9(15)7-4-3-5-8(11)12-7/h3-5,14H,6H2,1-2H3,(H2,11,12)(H,13,15). The maximum Gasteiger partial charge on any atom is 0.270 e. The smallest absolute Gasteiger partial charge is 0.270 e. The van der Waals surface area contributed by atoms with E-state index in [0.717, 1.165) is 0 Å². The molecule has 0 aliphatic heterocycles. The van der Waals surface area contributed by atoms with Crippen molar-refractivity contribution in [3.8, 4) is 0 Å². The van der Waals surface area contributed by atoms with Crippen molar-refractivity contribution in [1.29, 1.82) is 0 Å².